The second-order valence-corrected chi connectivity index (χ2v) is 7.28. The molecule has 1 atom stereocenters. The molecule has 2 heterocycles. The van der Waals surface area contributed by atoms with Crippen LogP contribution in [0.5, 0.6) is 0 Å². The zero-order valence-corrected chi connectivity index (χ0v) is 18.1. The van der Waals surface area contributed by atoms with Crippen LogP contribution in [0.15, 0.2) is 54.7 Å². The van der Waals surface area contributed by atoms with Gasteiger partial charge in [0.15, 0.2) is 0 Å². The molecular formula is C24H33N5. The molecule has 5 nitrogen and oxygen atoms in total. The second-order valence-electron chi connectivity index (χ2n) is 7.28. The zero-order valence-electron chi connectivity index (χ0n) is 18.1. The van der Waals surface area contributed by atoms with Gasteiger partial charge in [0.2, 0.25) is 5.95 Å². The lowest BCUT2D eigenvalue weighted by atomic mass is 10.1. The van der Waals surface area contributed by atoms with Gasteiger partial charge in [0.05, 0.1) is 5.69 Å². The van der Waals surface area contributed by atoms with Crippen LogP contribution in [-0.2, 0) is 0 Å². The number of nitrogens with zero attached hydrogens (tertiary/aromatic N) is 4. The van der Waals surface area contributed by atoms with Crippen molar-refractivity contribution in [1.29, 1.82) is 0 Å². The van der Waals surface area contributed by atoms with Crippen molar-refractivity contribution in [3.8, 4) is 11.3 Å². The summed E-state index contributed by atoms with van der Waals surface area (Å²) in [7, 11) is 4.21. The Morgan fingerprint density at radius 3 is 2.69 bits per heavy atom. The van der Waals surface area contributed by atoms with Crippen LogP contribution in [0.2, 0.25) is 0 Å². The Bertz CT molecular complexity index is 910. The molecule has 0 aliphatic carbocycles. The van der Waals surface area contributed by atoms with Crippen molar-refractivity contribution in [2.24, 2.45) is 0 Å². The summed E-state index contributed by atoms with van der Waals surface area (Å²) in [5, 5.41) is 5.71. The minimum Gasteiger partial charge on any atom is -0.339 e. The van der Waals surface area contributed by atoms with E-state index in [2.05, 4.69) is 69.6 Å². The number of hydrogen-bond acceptors (Lipinski definition) is 5. The molecule has 0 amide bonds. The van der Waals surface area contributed by atoms with E-state index in [1.807, 2.05) is 33.2 Å². The van der Waals surface area contributed by atoms with Crippen LogP contribution >= 0.6 is 0 Å². The van der Waals surface area contributed by atoms with Gasteiger partial charge in [0, 0.05) is 44.0 Å². The molecule has 0 saturated carbocycles. The summed E-state index contributed by atoms with van der Waals surface area (Å²) in [5.74, 6) is 0.838. The number of fused-ring (bicyclic) bond motifs is 1. The fourth-order valence-electron chi connectivity index (χ4n) is 3.76. The molecular weight excluding hydrogens is 358 g/mol. The Morgan fingerprint density at radius 1 is 1.10 bits per heavy atom. The first-order valence-electron chi connectivity index (χ1n) is 10.7. The van der Waals surface area contributed by atoms with Gasteiger partial charge in [-0.15, -0.1) is 0 Å². The molecule has 4 rings (SSSR count). The topological polar surface area (TPSA) is 44.3 Å². The Balaban J connectivity index is 0.00000117. The molecule has 5 heteroatoms. The maximum atomic E-state index is 4.87. The minimum atomic E-state index is 0.561. The van der Waals surface area contributed by atoms with Crippen LogP contribution in [0.25, 0.3) is 22.0 Å². The first-order valence-corrected chi connectivity index (χ1v) is 10.7. The third-order valence-corrected chi connectivity index (χ3v) is 5.47. The third kappa shape index (κ3) is 5.11. The molecule has 154 valence electrons. The fraction of sp³-hybridized carbons (Fsp3) is 0.417. The van der Waals surface area contributed by atoms with E-state index in [9.17, 15) is 0 Å². The van der Waals surface area contributed by atoms with Crippen LogP contribution in [-0.4, -0.2) is 61.2 Å². The van der Waals surface area contributed by atoms with Gasteiger partial charge in [-0.05, 0) is 43.4 Å². The lowest BCUT2D eigenvalue weighted by Crippen LogP contribution is -2.38. The summed E-state index contributed by atoms with van der Waals surface area (Å²) in [5.41, 5.74) is 2.12. The minimum absolute atomic E-state index is 0.561. The summed E-state index contributed by atoms with van der Waals surface area (Å²) in [6, 6.07) is 17.5. The highest BCUT2D eigenvalue weighted by Crippen LogP contribution is 2.25. The summed E-state index contributed by atoms with van der Waals surface area (Å²) in [4.78, 5) is 14.2. The first-order chi connectivity index (χ1) is 14.2. The van der Waals surface area contributed by atoms with E-state index in [1.165, 1.54) is 10.8 Å². The van der Waals surface area contributed by atoms with Gasteiger partial charge >= 0.3 is 0 Å². The van der Waals surface area contributed by atoms with E-state index in [0.29, 0.717) is 6.04 Å². The Hall–Kier alpha value is -2.50. The predicted molar refractivity (Wildman–Crippen MR) is 123 cm³/mol. The van der Waals surface area contributed by atoms with E-state index < -0.39 is 0 Å². The van der Waals surface area contributed by atoms with Crippen LogP contribution < -0.4 is 10.2 Å². The van der Waals surface area contributed by atoms with Gasteiger partial charge < -0.3 is 15.1 Å². The summed E-state index contributed by atoms with van der Waals surface area (Å²) < 4.78 is 0. The van der Waals surface area contributed by atoms with E-state index in [0.717, 1.165) is 49.8 Å². The SMILES string of the molecule is CC.CNCCN(C)C1CCN(c2nccc(-c3ccc4ccccc4c3)n2)C1. The first kappa shape index (κ1) is 21.2. The highest BCUT2D eigenvalue weighted by Gasteiger charge is 2.27. The quantitative estimate of drug-likeness (QED) is 0.687. The van der Waals surface area contributed by atoms with E-state index >= 15 is 0 Å². The molecule has 1 fully saturated rings. The van der Waals surface area contributed by atoms with Crippen molar-refractivity contribution >= 4 is 16.7 Å². The Kier molecular flexibility index (Phi) is 7.55. The standard InChI is InChI=1S/C22H27N5.C2H6/c1-23-12-14-26(2)20-10-13-27(16-20)22-24-11-9-21(25-22)19-8-7-17-5-3-4-6-18(17)15-19;1-2/h3-9,11,15,20,23H,10,12-14,16H2,1-2H3;1-2H3. The highest BCUT2D eigenvalue weighted by atomic mass is 15.3. The van der Waals surface area contributed by atoms with Crippen LogP contribution in [0.1, 0.15) is 20.3 Å². The molecule has 0 radical (unpaired) electrons. The van der Waals surface area contributed by atoms with Crippen LogP contribution in [0.4, 0.5) is 5.95 Å². The normalized spacial score (nSPS) is 16.2. The monoisotopic (exact) mass is 391 g/mol. The summed E-state index contributed by atoms with van der Waals surface area (Å²) >= 11 is 0. The largest absolute Gasteiger partial charge is 0.339 e. The number of nitrogens with one attached hydrogen (secondary N) is 1. The molecule has 1 unspecified atom stereocenters. The zero-order chi connectivity index (χ0) is 20.6. The molecule has 2 aromatic carbocycles. The molecule has 1 aromatic heterocycles. The maximum Gasteiger partial charge on any atom is 0.225 e. The molecule has 0 bridgehead atoms. The van der Waals surface area contributed by atoms with Gasteiger partial charge in [-0.3, -0.25) is 0 Å². The molecule has 3 aromatic rings. The number of likely N-dealkylation sites (N-methyl/N-ethyl adjacent to an activating group) is 2. The number of rotatable bonds is 6. The smallest absolute Gasteiger partial charge is 0.225 e. The van der Waals surface area contributed by atoms with Crippen molar-refractivity contribution in [1.82, 2.24) is 20.2 Å². The Labute approximate surface area is 174 Å². The lowest BCUT2D eigenvalue weighted by Gasteiger charge is -2.24. The summed E-state index contributed by atoms with van der Waals surface area (Å²) in [6.07, 6.45) is 3.04. The molecule has 0 spiro atoms. The van der Waals surface area contributed by atoms with Crippen molar-refractivity contribution in [2.45, 2.75) is 26.3 Å². The highest BCUT2D eigenvalue weighted by molar-refractivity contribution is 5.86. The van der Waals surface area contributed by atoms with Gasteiger partial charge in [0.1, 0.15) is 0 Å². The van der Waals surface area contributed by atoms with Gasteiger partial charge in [-0.2, -0.15) is 0 Å². The lowest BCUT2D eigenvalue weighted by molar-refractivity contribution is 0.260. The van der Waals surface area contributed by atoms with Crippen molar-refractivity contribution < 1.29 is 0 Å². The number of hydrogen-bond donors (Lipinski definition) is 1. The molecule has 29 heavy (non-hydrogen) atoms. The fourth-order valence-corrected chi connectivity index (χ4v) is 3.76. The maximum absolute atomic E-state index is 4.87. The second kappa shape index (κ2) is 10.3. The van der Waals surface area contributed by atoms with Crippen molar-refractivity contribution in [2.75, 3.05) is 45.2 Å². The van der Waals surface area contributed by atoms with E-state index in [1.54, 1.807) is 0 Å². The van der Waals surface area contributed by atoms with Crippen LogP contribution in [0.3, 0.4) is 0 Å². The van der Waals surface area contributed by atoms with Crippen molar-refractivity contribution in [3.63, 3.8) is 0 Å². The molecule has 1 aliphatic rings. The average Bonchev–Trinajstić information content (AvgIpc) is 3.29. The van der Waals surface area contributed by atoms with E-state index in [4.69, 9.17) is 4.98 Å². The van der Waals surface area contributed by atoms with Crippen molar-refractivity contribution in [3.05, 3.63) is 54.7 Å². The molecule has 1 aliphatic heterocycles. The van der Waals surface area contributed by atoms with Gasteiger partial charge in [-0.1, -0.05) is 50.2 Å². The summed E-state index contributed by atoms with van der Waals surface area (Å²) in [6.45, 7) is 8.07. The van der Waals surface area contributed by atoms with Crippen LogP contribution in [0, 0.1) is 0 Å². The Morgan fingerprint density at radius 2 is 1.90 bits per heavy atom. The van der Waals surface area contributed by atoms with E-state index in [-0.39, 0.29) is 0 Å². The predicted octanol–water partition coefficient (Wildman–Crippen LogP) is 4.05. The third-order valence-electron chi connectivity index (χ3n) is 5.47. The van der Waals surface area contributed by atoms with Gasteiger partial charge in [0.25, 0.3) is 0 Å². The number of aromatic nitrogens is 2. The molecule has 1 N–H and O–H groups in total. The average molecular weight is 392 g/mol. The van der Waals surface area contributed by atoms with Gasteiger partial charge in [-0.25, -0.2) is 9.97 Å². The molecule has 1 saturated heterocycles. The number of benzene rings is 2. The number of anilines is 1.